The number of fused-ring (bicyclic) bond motifs is 6. The van der Waals surface area contributed by atoms with E-state index in [1.807, 2.05) is 66.7 Å². The van der Waals surface area contributed by atoms with Crippen molar-refractivity contribution in [3.63, 3.8) is 0 Å². The average Bonchev–Trinajstić information content (AvgIpc) is 1.53. The fourth-order valence-electron chi connectivity index (χ4n) is 15.0. The maximum absolute atomic E-state index is 14.4. The van der Waals surface area contributed by atoms with Crippen molar-refractivity contribution in [3.05, 3.63) is 70.5 Å². The van der Waals surface area contributed by atoms with E-state index in [9.17, 15) is 53.2 Å². The first-order valence-electron chi connectivity index (χ1n) is 30.6. The molecular weight excluding hydrogens is 1270 g/mol. The average molecular weight is 1360 g/mol. The number of phosphoric acid groups is 1. The molecule has 93 heavy (non-hydrogen) atoms. The minimum atomic E-state index is -5.07. The number of benzene rings is 1. The first-order valence-corrected chi connectivity index (χ1v) is 32.1. The third-order valence-corrected chi connectivity index (χ3v) is 21.3. The normalized spacial score (nSPS) is 32.4. The largest absolute Gasteiger partial charge is 0.512 e. The van der Waals surface area contributed by atoms with Gasteiger partial charge in [-0.2, -0.15) is 0 Å². The number of aliphatic imine (C=N–C) groups is 4. The molecule has 2 aromatic rings. The number of ether oxygens (including phenoxy) is 1. The van der Waals surface area contributed by atoms with Crippen molar-refractivity contribution in [1.82, 2.24) is 14.9 Å². The molecule has 1 aromatic heterocycles. The van der Waals surface area contributed by atoms with Gasteiger partial charge in [0, 0.05) is 136 Å². The number of imidazole rings is 1. The zero-order valence-electron chi connectivity index (χ0n) is 54.4. The molecule has 6 aliphatic heterocycles. The Morgan fingerprint density at radius 3 is 1.88 bits per heavy atom. The third kappa shape index (κ3) is 14.6. The molecule has 28 nitrogen and oxygen atoms in total. The molecule has 1 saturated heterocycles. The number of nitrogens with zero attached hydrogens (tertiary/aromatic N) is 7. The maximum Gasteiger partial charge on any atom is 0.472 e. The standard InChI is InChI=1S/C62H88N13O14P.CN.Co/c1-29-20-39-40(21-30(29)2)75(28-70-39)57-52(84)53(41(27-76)87-57)89-90(85,86)88-31(3)26-69-49(83)18-19-59(8)37(22-46(66)80)56-62(11)61(10,25-48(68)82)36(14-17-45(65)79)51(74-62)33(5)55-60(9,24-47(67)81)34(12-15-43(63)77)38(71-55)23-42-58(6,7)35(13-16-44(64)78)50(72-42)32(4)54(59)73-56;1-2;/h20-21,23,28,31,34-37,41,52-53,57,76,84H,12-19,22,24-27H2,1-11H3,(H2,63,77)(H2,64,78)(H2,65,79)(H2,66,80)(H2,67,81)(H2,68,82)(H,69,83)(H,85,86);;/q;-1;/b42-23-,54-32-,55-33-;;/t31?,34?,35?,36?,37?,41-,52-,53-,57?,59?,60?,61?,62?;;/m1../s1. The molecule has 1 fully saturated rings. The third-order valence-electron chi connectivity index (χ3n) is 20.2. The van der Waals surface area contributed by atoms with Crippen LogP contribution in [0.1, 0.15) is 150 Å². The predicted octanol–water partition coefficient (Wildman–Crippen LogP) is 3.74. The van der Waals surface area contributed by atoms with Crippen LogP contribution in [0.2, 0.25) is 0 Å². The number of rotatable bonds is 26. The molecular formula is C63H88CoN14O14P-. The predicted molar refractivity (Wildman–Crippen MR) is 339 cm³/mol. The number of hydrogen-bond donors (Lipinski definition) is 10. The van der Waals surface area contributed by atoms with Crippen LogP contribution in [0.25, 0.3) is 11.0 Å². The van der Waals surface area contributed by atoms with E-state index >= 15 is 0 Å². The minimum Gasteiger partial charge on any atom is -0.512 e. The van der Waals surface area contributed by atoms with Gasteiger partial charge >= 0.3 is 7.82 Å². The molecule has 6 aliphatic rings. The number of carbonyl (C=O) groups excluding carboxylic acids is 7. The molecule has 1 radical (unpaired) electrons. The van der Waals surface area contributed by atoms with E-state index in [0.717, 1.165) is 11.1 Å². The van der Waals surface area contributed by atoms with Crippen LogP contribution < -0.4 is 39.7 Å². The summed E-state index contributed by atoms with van der Waals surface area (Å²) in [6.07, 6.45) is -4.63. The molecule has 16 N–H and O–H groups in total. The molecule has 14 atom stereocenters. The smallest absolute Gasteiger partial charge is 0.472 e. The number of nitrogens with two attached hydrogens (primary N) is 6. The van der Waals surface area contributed by atoms with Crippen molar-refractivity contribution < 1.29 is 83.8 Å². The van der Waals surface area contributed by atoms with Crippen LogP contribution in [0.5, 0.6) is 0 Å². The first kappa shape index (κ1) is 74.9. The topological polar surface area (TPSA) is 484 Å². The summed E-state index contributed by atoms with van der Waals surface area (Å²) in [6.45, 7) is 23.7. The van der Waals surface area contributed by atoms with Gasteiger partial charge in [0.25, 0.3) is 0 Å². The van der Waals surface area contributed by atoms with E-state index in [1.54, 1.807) is 25.3 Å². The molecule has 0 spiro atoms. The van der Waals surface area contributed by atoms with Crippen molar-refractivity contribution in [2.75, 3.05) is 13.2 Å². The molecule has 8 bridgehead atoms. The summed E-state index contributed by atoms with van der Waals surface area (Å²) in [5.74, 6) is -7.52. The van der Waals surface area contributed by atoms with Crippen LogP contribution in [0.4, 0.5) is 0 Å². The summed E-state index contributed by atoms with van der Waals surface area (Å²) in [4.78, 5) is 131. The SMILES string of the molecule is C/C1=C2N=C(/C=C3N=C(/C(C)=C4\N=C(C(CC(N)=O)C4(C)CCC(=O)NCC(C)OP(=O)(O)O[C@@H]4[C@@H](CO)OC(n5cnc6cc(C)c(C)cc65)[C@@H]4O)C4(C)N=C1C(CCC(N)=O)C4(C)CC(N)=O)C(CCC(N)=O)C\3(C)C)C(CCC(N)=O)C/2(C)CC(N)=O.[C-]#N.[Co]. The zero-order valence-corrected chi connectivity index (χ0v) is 56.3. The van der Waals surface area contributed by atoms with Gasteiger partial charge in [-0.15, -0.1) is 0 Å². The van der Waals surface area contributed by atoms with Gasteiger partial charge in [0.1, 0.15) is 23.9 Å². The van der Waals surface area contributed by atoms with Crippen molar-refractivity contribution >= 4 is 83.1 Å². The van der Waals surface area contributed by atoms with E-state index < -0.39 is 137 Å². The molecule has 1 aromatic carbocycles. The van der Waals surface area contributed by atoms with Crippen molar-refractivity contribution in [3.8, 4) is 0 Å². The maximum atomic E-state index is 14.4. The Kier molecular flexibility index (Phi) is 22.9. The summed E-state index contributed by atoms with van der Waals surface area (Å²) in [5, 5.41) is 30.8. The van der Waals surface area contributed by atoms with Gasteiger partial charge in [0.15, 0.2) is 6.23 Å². The Morgan fingerprint density at radius 1 is 0.753 bits per heavy atom. The van der Waals surface area contributed by atoms with Gasteiger partial charge in [0.05, 0.1) is 47.2 Å². The quantitative estimate of drug-likeness (QED) is 0.0474. The molecule has 11 unspecified atom stereocenters. The number of hydrogen-bond acceptors (Lipinski definition) is 19. The van der Waals surface area contributed by atoms with E-state index in [-0.39, 0.29) is 94.0 Å². The molecule has 7 heterocycles. The second-order valence-electron chi connectivity index (χ2n) is 26.8. The molecule has 0 aliphatic carbocycles. The minimum absolute atomic E-state index is 0. The van der Waals surface area contributed by atoms with Gasteiger partial charge in [-0.3, -0.25) is 62.6 Å². The number of aromatic nitrogens is 2. The summed E-state index contributed by atoms with van der Waals surface area (Å²) < 4.78 is 32.2. The van der Waals surface area contributed by atoms with Crippen molar-refractivity contribution in [2.45, 2.75) is 183 Å². The van der Waals surface area contributed by atoms with Gasteiger partial charge in [-0.05, 0) is 108 Å². The number of phosphoric ester groups is 1. The molecule has 8 rings (SSSR count). The Hall–Kier alpha value is -7.13. The molecule has 0 saturated carbocycles. The number of aliphatic hydroxyl groups is 2. The van der Waals surface area contributed by atoms with Gasteiger partial charge < -0.3 is 76.0 Å². The summed E-state index contributed by atoms with van der Waals surface area (Å²) in [6, 6.07) is 3.73. The number of aliphatic hydroxyl groups excluding tert-OH is 2. The second-order valence-corrected chi connectivity index (χ2v) is 28.2. The summed E-state index contributed by atoms with van der Waals surface area (Å²) >= 11 is 0. The van der Waals surface area contributed by atoms with Gasteiger partial charge in [0.2, 0.25) is 41.4 Å². The van der Waals surface area contributed by atoms with Crippen molar-refractivity contribution in [2.24, 2.45) is 99.7 Å². The Morgan fingerprint density at radius 2 is 1.31 bits per heavy atom. The zero-order chi connectivity index (χ0) is 68.7. The fraction of sp³-hybridized carbons (Fsp3) is 0.603. The Balaban J connectivity index is 0.00000453. The Bertz CT molecular complexity index is 3670. The van der Waals surface area contributed by atoms with E-state index in [2.05, 4.69) is 10.3 Å². The second kappa shape index (κ2) is 28.4. The van der Waals surface area contributed by atoms with Crippen LogP contribution in [-0.2, 0) is 68.7 Å². The summed E-state index contributed by atoms with van der Waals surface area (Å²) in [7, 11) is -5.07. The Labute approximate surface area is 550 Å². The van der Waals surface area contributed by atoms with Crippen LogP contribution in [-0.4, -0.2) is 132 Å². The van der Waals surface area contributed by atoms with Gasteiger partial charge in [-0.1, -0.05) is 34.6 Å². The fourth-order valence-corrected chi connectivity index (χ4v) is 16.2. The number of aryl methyl sites for hydroxylation is 2. The number of amides is 7. The van der Waals surface area contributed by atoms with Crippen LogP contribution in [0.3, 0.4) is 0 Å². The van der Waals surface area contributed by atoms with Crippen LogP contribution in [0, 0.1) is 71.0 Å². The molecule has 7 amide bonds. The van der Waals surface area contributed by atoms with Crippen LogP contribution in [0.15, 0.2) is 72.7 Å². The number of nitrogens with one attached hydrogen (secondary N) is 1. The van der Waals surface area contributed by atoms with Gasteiger partial charge in [-0.25, -0.2) is 9.55 Å². The van der Waals surface area contributed by atoms with Crippen molar-refractivity contribution in [1.29, 1.82) is 5.26 Å². The number of carbonyl (C=O) groups is 7. The first-order chi connectivity index (χ1) is 42.8. The summed E-state index contributed by atoms with van der Waals surface area (Å²) in [5.41, 5.74) is 36.8. The van der Waals surface area contributed by atoms with E-state index in [4.69, 9.17) is 80.0 Å². The molecule has 509 valence electrons. The van der Waals surface area contributed by atoms with E-state index in [0.29, 0.717) is 62.1 Å². The monoisotopic (exact) mass is 1350 g/mol. The number of allylic oxidation sites excluding steroid dienone is 6. The van der Waals surface area contributed by atoms with Crippen LogP contribution >= 0.6 is 7.82 Å². The molecule has 30 heteroatoms. The van der Waals surface area contributed by atoms with E-state index in [1.165, 1.54) is 13.3 Å². The number of primary amides is 6.